The minimum absolute atomic E-state index is 0.0388. The van der Waals surface area contributed by atoms with Gasteiger partial charge in [0, 0.05) is 12.6 Å². The molecule has 4 nitrogen and oxygen atoms in total. The molecular weight excluding hydrogens is 282 g/mol. The van der Waals surface area contributed by atoms with Crippen molar-refractivity contribution in [2.45, 2.75) is 26.8 Å². The van der Waals surface area contributed by atoms with Crippen molar-refractivity contribution in [1.82, 2.24) is 10.3 Å². The van der Waals surface area contributed by atoms with Gasteiger partial charge in [0.05, 0.1) is 9.88 Å². The summed E-state index contributed by atoms with van der Waals surface area (Å²) in [4.78, 5) is 17.8. The van der Waals surface area contributed by atoms with Crippen LogP contribution in [0.3, 0.4) is 0 Å². The molecule has 0 aliphatic rings. The Morgan fingerprint density at radius 1 is 1.33 bits per heavy atom. The molecule has 1 atom stereocenters. The van der Waals surface area contributed by atoms with E-state index >= 15 is 0 Å². The number of aryl methyl sites for hydroxylation is 1. The SMILES string of the molecule is Cc1nc(C(=O)NC(CN)C(C)C)c(-c2ccccc2)s1. The second-order valence-electron chi connectivity index (χ2n) is 5.34. The maximum atomic E-state index is 12.5. The fraction of sp³-hybridized carbons (Fsp3) is 0.375. The molecule has 5 heteroatoms. The lowest BCUT2D eigenvalue weighted by atomic mass is 10.0. The summed E-state index contributed by atoms with van der Waals surface area (Å²) in [5.41, 5.74) is 7.23. The van der Waals surface area contributed by atoms with E-state index in [1.165, 1.54) is 11.3 Å². The Hall–Kier alpha value is -1.72. The first-order valence-electron chi connectivity index (χ1n) is 7.06. The van der Waals surface area contributed by atoms with Gasteiger partial charge in [0.15, 0.2) is 0 Å². The lowest BCUT2D eigenvalue weighted by Gasteiger charge is -2.20. The van der Waals surface area contributed by atoms with Crippen LogP contribution in [0.25, 0.3) is 10.4 Å². The van der Waals surface area contributed by atoms with E-state index in [0.29, 0.717) is 18.2 Å². The van der Waals surface area contributed by atoms with Gasteiger partial charge in [-0.1, -0.05) is 44.2 Å². The summed E-state index contributed by atoms with van der Waals surface area (Å²) < 4.78 is 0. The topological polar surface area (TPSA) is 68.0 Å². The number of carbonyl (C=O) groups excluding carboxylic acids is 1. The fourth-order valence-corrected chi connectivity index (χ4v) is 3.02. The van der Waals surface area contributed by atoms with Crippen LogP contribution in [-0.4, -0.2) is 23.5 Å². The van der Waals surface area contributed by atoms with Crippen molar-refractivity contribution in [1.29, 1.82) is 0 Å². The molecule has 0 fully saturated rings. The predicted molar refractivity (Wildman–Crippen MR) is 87.4 cm³/mol. The zero-order chi connectivity index (χ0) is 15.4. The molecule has 0 bridgehead atoms. The molecule has 0 aliphatic carbocycles. The zero-order valence-electron chi connectivity index (χ0n) is 12.6. The van der Waals surface area contributed by atoms with E-state index in [-0.39, 0.29) is 11.9 Å². The highest BCUT2D eigenvalue weighted by atomic mass is 32.1. The third kappa shape index (κ3) is 3.68. The average molecular weight is 303 g/mol. The van der Waals surface area contributed by atoms with Gasteiger partial charge in [-0.25, -0.2) is 4.98 Å². The van der Waals surface area contributed by atoms with Crippen LogP contribution >= 0.6 is 11.3 Å². The second kappa shape index (κ2) is 6.83. The molecule has 0 aliphatic heterocycles. The van der Waals surface area contributed by atoms with Gasteiger partial charge in [-0.2, -0.15) is 0 Å². The number of rotatable bonds is 5. The molecule has 1 amide bonds. The van der Waals surface area contributed by atoms with Crippen LogP contribution < -0.4 is 11.1 Å². The van der Waals surface area contributed by atoms with Gasteiger partial charge in [0.25, 0.3) is 5.91 Å². The molecule has 0 saturated carbocycles. The maximum absolute atomic E-state index is 12.5. The maximum Gasteiger partial charge on any atom is 0.271 e. The summed E-state index contributed by atoms with van der Waals surface area (Å²) in [6.07, 6.45) is 0. The van der Waals surface area contributed by atoms with E-state index in [4.69, 9.17) is 5.73 Å². The third-order valence-electron chi connectivity index (χ3n) is 3.36. The standard InChI is InChI=1S/C16H21N3OS/c1-10(2)13(9-17)19-16(20)14-15(21-11(3)18-14)12-7-5-4-6-8-12/h4-8,10,13H,9,17H2,1-3H3,(H,19,20). The van der Waals surface area contributed by atoms with Crippen LogP contribution in [0.5, 0.6) is 0 Å². The molecule has 1 aromatic heterocycles. The van der Waals surface area contributed by atoms with E-state index < -0.39 is 0 Å². The van der Waals surface area contributed by atoms with Crippen molar-refractivity contribution in [2.24, 2.45) is 11.7 Å². The van der Waals surface area contributed by atoms with Gasteiger partial charge < -0.3 is 11.1 Å². The summed E-state index contributed by atoms with van der Waals surface area (Å²) in [5.74, 6) is 0.140. The van der Waals surface area contributed by atoms with Crippen molar-refractivity contribution in [3.05, 3.63) is 41.0 Å². The molecule has 112 valence electrons. The Morgan fingerprint density at radius 2 is 2.00 bits per heavy atom. The van der Waals surface area contributed by atoms with Crippen molar-refractivity contribution < 1.29 is 4.79 Å². The van der Waals surface area contributed by atoms with E-state index in [1.54, 1.807) is 0 Å². The number of nitrogens with one attached hydrogen (secondary N) is 1. The van der Waals surface area contributed by atoms with Gasteiger partial charge in [0.2, 0.25) is 0 Å². The molecule has 0 spiro atoms. The van der Waals surface area contributed by atoms with Gasteiger partial charge in [-0.3, -0.25) is 4.79 Å². The van der Waals surface area contributed by atoms with Gasteiger partial charge >= 0.3 is 0 Å². The molecular formula is C16H21N3OS. The molecule has 2 rings (SSSR count). The van der Waals surface area contributed by atoms with Crippen LogP contribution in [-0.2, 0) is 0 Å². The first kappa shape index (κ1) is 15.7. The average Bonchev–Trinajstić information content (AvgIpc) is 2.87. The van der Waals surface area contributed by atoms with E-state index in [9.17, 15) is 4.79 Å². The van der Waals surface area contributed by atoms with Crippen molar-refractivity contribution >= 4 is 17.2 Å². The monoisotopic (exact) mass is 303 g/mol. The van der Waals surface area contributed by atoms with Crippen LogP contribution in [0.4, 0.5) is 0 Å². The number of amides is 1. The molecule has 2 aromatic rings. The summed E-state index contributed by atoms with van der Waals surface area (Å²) >= 11 is 1.54. The van der Waals surface area contributed by atoms with Crippen LogP contribution in [0.2, 0.25) is 0 Å². The predicted octanol–water partition coefficient (Wildman–Crippen LogP) is 2.83. The van der Waals surface area contributed by atoms with Crippen molar-refractivity contribution in [3.63, 3.8) is 0 Å². The second-order valence-corrected chi connectivity index (χ2v) is 6.54. The lowest BCUT2D eigenvalue weighted by Crippen LogP contribution is -2.43. The number of nitrogens with two attached hydrogens (primary N) is 1. The largest absolute Gasteiger partial charge is 0.346 e. The van der Waals surface area contributed by atoms with Crippen LogP contribution in [0.1, 0.15) is 29.3 Å². The first-order chi connectivity index (χ1) is 10.0. The molecule has 3 N–H and O–H groups in total. The minimum Gasteiger partial charge on any atom is -0.346 e. The number of nitrogens with zero attached hydrogens (tertiary/aromatic N) is 1. The molecule has 1 heterocycles. The van der Waals surface area contributed by atoms with Crippen LogP contribution in [0.15, 0.2) is 30.3 Å². The summed E-state index contributed by atoms with van der Waals surface area (Å²) in [5, 5.41) is 3.87. The van der Waals surface area contributed by atoms with E-state index in [0.717, 1.165) is 15.4 Å². The van der Waals surface area contributed by atoms with Gasteiger partial charge in [0.1, 0.15) is 5.69 Å². The van der Waals surface area contributed by atoms with Crippen molar-refractivity contribution in [3.8, 4) is 10.4 Å². The zero-order valence-corrected chi connectivity index (χ0v) is 13.4. The fourth-order valence-electron chi connectivity index (χ4n) is 2.10. The molecule has 0 radical (unpaired) electrons. The van der Waals surface area contributed by atoms with Gasteiger partial charge in [-0.05, 0) is 18.4 Å². The number of hydrogen-bond donors (Lipinski definition) is 2. The number of thiazole rings is 1. The molecule has 1 aromatic carbocycles. The van der Waals surface area contributed by atoms with E-state index in [1.807, 2.05) is 51.1 Å². The Kier molecular flexibility index (Phi) is 5.09. The Bertz CT molecular complexity index is 607. The first-order valence-corrected chi connectivity index (χ1v) is 7.88. The Morgan fingerprint density at radius 3 is 2.57 bits per heavy atom. The highest BCUT2D eigenvalue weighted by molar-refractivity contribution is 7.15. The smallest absolute Gasteiger partial charge is 0.271 e. The number of benzene rings is 1. The Labute approximate surface area is 129 Å². The van der Waals surface area contributed by atoms with Crippen LogP contribution in [0, 0.1) is 12.8 Å². The number of aromatic nitrogens is 1. The van der Waals surface area contributed by atoms with E-state index in [2.05, 4.69) is 10.3 Å². The highest BCUT2D eigenvalue weighted by Crippen LogP contribution is 2.30. The highest BCUT2D eigenvalue weighted by Gasteiger charge is 2.21. The normalized spacial score (nSPS) is 12.4. The molecule has 1 unspecified atom stereocenters. The number of carbonyl (C=O) groups is 1. The molecule has 0 saturated heterocycles. The Balaban J connectivity index is 2.30. The summed E-state index contributed by atoms with van der Waals surface area (Å²) in [7, 11) is 0. The molecule has 21 heavy (non-hydrogen) atoms. The summed E-state index contributed by atoms with van der Waals surface area (Å²) in [6, 6.07) is 9.83. The van der Waals surface area contributed by atoms with Gasteiger partial charge in [-0.15, -0.1) is 11.3 Å². The van der Waals surface area contributed by atoms with Crippen molar-refractivity contribution in [2.75, 3.05) is 6.54 Å². The number of hydrogen-bond acceptors (Lipinski definition) is 4. The third-order valence-corrected chi connectivity index (χ3v) is 4.38. The minimum atomic E-state index is -0.151. The summed E-state index contributed by atoms with van der Waals surface area (Å²) in [6.45, 7) is 6.42. The quantitative estimate of drug-likeness (QED) is 0.892. The lowest BCUT2D eigenvalue weighted by molar-refractivity contribution is 0.0924.